The minimum absolute atomic E-state index is 0.225. The number of imide groups is 1. The van der Waals surface area contributed by atoms with Gasteiger partial charge in [-0.15, -0.1) is 0 Å². The highest BCUT2D eigenvalue weighted by Crippen LogP contribution is 2.53. The lowest BCUT2D eigenvalue weighted by molar-refractivity contribution is -0.122. The van der Waals surface area contributed by atoms with E-state index >= 15 is 0 Å². The number of ether oxygens (including phenoxy) is 1. The number of thiazole rings is 1. The molecule has 6 rings (SSSR count). The number of anilines is 2. The number of carbonyl (C=O) groups excluding carboxylic acids is 4. The number of esters is 1. The summed E-state index contributed by atoms with van der Waals surface area (Å²) in [6, 6.07) is 17.0. The maximum atomic E-state index is 14.0. The predicted molar refractivity (Wildman–Crippen MR) is 162 cm³/mol. The van der Waals surface area contributed by atoms with E-state index in [1.165, 1.54) is 16.7 Å². The van der Waals surface area contributed by atoms with E-state index in [0.29, 0.717) is 32.4 Å². The van der Waals surface area contributed by atoms with E-state index in [-0.39, 0.29) is 23.9 Å². The summed E-state index contributed by atoms with van der Waals surface area (Å²) >= 11 is 2.11. The fourth-order valence-corrected chi connectivity index (χ4v) is 8.23. The molecule has 4 heterocycles. The summed E-state index contributed by atoms with van der Waals surface area (Å²) in [6.45, 7) is 3.60. The maximum Gasteiger partial charge on any atom is 0.338 e. The van der Waals surface area contributed by atoms with E-state index in [0.717, 1.165) is 33.6 Å². The largest absolute Gasteiger partial charge is 0.462 e. The van der Waals surface area contributed by atoms with E-state index in [9.17, 15) is 24.0 Å². The van der Waals surface area contributed by atoms with E-state index in [1.807, 2.05) is 31.2 Å². The van der Waals surface area contributed by atoms with Crippen LogP contribution < -0.4 is 15.1 Å². The quantitative estimate of drug-likeness (QED) is 0.242. The highest BCUT2D eigenvalue weighted by Gasteiger charge is 2.56. The summed E-state index contributed by atoms with van der Waals surface area (Å²) in [4.78, 5) is 72.0. The number of nitrogens with zero attached hydrogens (tertiary/aromatic N) is 3. The molecule has 10 nitrogen and oxygen atoms in total. The van der Waals surface area contributed by atoms with Crippen molar-refractivity contribution >= 4 is 58.2 Å². The summed E-state index contributed by atoms with van der Waals surface area (Å²) in [5.41, 5.74) is 2.93. The van der Waals surface area contributed by atoms with Gasteiger partial charge in [0.1, 0.15) is 11.8 Å². The average molecular weight is 615 g/mol. The van der Waals surface area contributed by atoms with Crippen molar-refractivity contribution in [3.8, 4) is 0 Å². The van der Waals surface area contributed by atoms with Crippen molar-refractivity contribution in [2.75, 3.05) is 16.8 Å². The minimum atomic E-state index is -0.838. The Morgan fingerprint density at radius 2 is 1.81 bits per heavy atom. The van der Waals surface area contributed by atoms with Crippen LogP contribution in [0.2, 0.25) is 0 Å². The molecule has 0 spiro atoms. The number of pyridine rings is 1. The van der Waals surface area contributed by atoms with Gasteiger partial charge in [-0.3, -0.25) is 28.7 Å². The topological polar surface area (TPSA) is 128 Å². The second kappa shape index (κ2) is 11.6. The van der Waals surface area contributed by atoms with E-state index in [4.69, 9.17) is 4.74 Å². The van der Waals surface area contributed by atoms with E-state index in [2.05, 4.69) is 10.3 Å². The number of nitrogens with one attached hydrogen (secondary N) is 1. The summed E-state index contributed by atoms with van der Waals surface area (Å²) in [5.74, 6) is -3.14. The molecule has 2 unspecified atom stereocenters. The number of rotatable bonds is 7. The Bertz CT molecular complexity index is 1800. The van der Waals surface area contributed by atoms with Crippen molar-refractivity contribution < 1.29 is 23.9 Å². The van der Waals surface area contributed by atoms with Gasteiger partial charge in [-0.2, -0.15) is 0 Å². The molecule has 4 aromatic rings. The van der Waals surface area contributed by atoms with Crippen molar-refractivity contribution in [1.29, 1.82) is 0 Å². The molecule has 218 valence electrons. The minimum Gasteiger partial charge on any atom is -0.462 e. The molecule has 0 aliphatic carbocycles. The van der Waals surface area contributed by atoms with Gasteiger partial charge in [-0.1, -0.05) is 41.3 Å². The Balaban J connectivity index is 1.36. The van der Waals surface area contributed by atoms with Crippen molar-refractivity contribution in [2.45, 2.75) is 36.6 Å². The van der Waals surface area contributed by atoms with Gasteiger partial charge in [-0.25, -0.2) is 9.69 Å². The summed E-state index contributed by atoms with van der Waals surface area (Å²) in [6.07, 6.45) is 3.25. The zero-order chi connectivity index (χ0) is 30.2. The second-order valence-corrected chi connectivity index (χ2v) is 12.3. The van der Waals surface area contributed by atoms with Crippen molar-refractivity contribution in [3.63, 3.8) is 0 Å². The number of amides is 3. The van der Waals surface area contributed by atoms with Crippen LogP contribution in [0.15, 0.2) is 82.9 Å². The van der Waals surface area contributed by atoms with E-state index < -0.39 is 34.9 Å². The van der Waals surface area contributed by atoms with Crippen LogP contribution in [0, 0.1) is 12.8 Å². The van der Waals surface area contributed by atoms with Crippen LogP contribution in [0.3, 0.4) is 0 Å². The van der Waals surface area contributed by atoms with Crippen LogP contribution in [-0.2, 0) is 25.7 Å². The first-order chi connectivity index (χ1) is 20.8. The van der Waals surface area contributed by atoms with Crippen LogP contribution in [-0.4, -0.2) is 45.1 Å². The number of benzene rings is 2. The van der Waals surface area contributed by atoms with Crippen molar-refractivity contribution in [1.82, 2.24) is 9.55 Å². The fourth-order valence-electron chi connectivity index (χ4n) is 5.46. The first-order valence-corrected chi connectivity index (χ1v) is 15.3. The second-order valence-electron chi connectivity index (χ2n) is 10.1. The lowest BCUT2D eigenvalue weighted by Gasteiger charge is -2.30. The Labute approximate surface area is 254 Å². The van der Waals surface area contributed by atoms with Gasteiger partial charge in [0, 0.05) is 28.9 Å². The highest BCUT2D eigenvalue weighted by atomic mass is 32.2. The standard InChI is InChI=1S/C31H26N4O6S2/c1-3-41-30(39)18-9-11-21(12-10-18)35-27(37)24-23(19-7-5-13-32-15-19)26-29(42-25(24)28(35)38)34(31(40)43-26)16-22(36)33-20-8-4-6-17(2)14-20/h4-15,23-25H,3,16H2,1-2H3,(H,33,36)/t23-,24?,25?/m1/s1. The monoisotopic (exact) mass is 614 g/mol. The summed E-state index contributed by atoms with van der Waals surface area (Å²) in [7, 11) is 0. The van der Waals surface area contributed by atoms with Gasteiger partial charge in [-0.05, 0) is 67.4 Å². The average Bonchev–Trinajstić information content (AvgIpc) is 3.44. The summed E-state index contributed by atoms with van der Waals surface area (Å²) in [5, 5.41) is 2.49. The number of thioether (sulfide) groups is 1. The first-order valence-electron chi connectivity index (χ1n) is 13.6. The first kappa shape index (κ1) is 28.6. The molecule has 2 aromatic carbocycles. The lowest BCUT2D eigenvalue weighted by Crippen LogP contribution is -2.33. The van der Waals surface area contributed by atoms with Gasteiger partial charge in [0.05, 0.1) is 28.8 Å². The van der Waals surface area contributed by atoms with Crippen molar-refractivity contribution in [2.24, 2.45) is 5.92 Å². The summed E-state index contributed by atoms with van der Waals surface area (Å²) < 4.78 is 6.42. The zero-order valence-corrected chi connectivity index (χ0v) is 24.8. The molecular formula is C31H26N4O6S2. The van der Waals surface area contributed by atoms with E-state index in [1.54, 1.807) is 43.6 Å². The molecule has 1 N–H and O–H groups in total. The van der Waals surface area contributed by atoms with Crippen LogP contribution >= 0.6 is 23.1 Å². The molecule has 12 heteroatoms. The van der Waals surface area contributed by atoms with Crippen LogP contribution in [0.4, 0.5) is 11.4 Å². The number of aryl methyl sites for hydroxylation is 1. The van der Waals surface area contributed by atoms with Crippen LogP contribution in [0.1, 0.15) is 39.2 Å². The number of hydrogen-bond donors (Lipinski definition) is 1. The third-order valence-electron chi connectivity index (χ3n) is 7.33. The molecule has 0 bridgehead atoms. The maximum absolute atomic E-state index is 14.0. The SMILES string of the molecule is CCOC(=O)c1ccc(N2C(=O)C3Sc4c(sc(=O)n4CC(=O)Nc4cccc(C)c4)[C@H](c4cccnc4)C3C2=O)cc1. The predicted octanol–water partition coefficient (Wildman–Crippen LogP) is 4.22. The van der Waals surface area contributed by atoms with Gasteiger partial charge in [0.15, 0.2) is 0 Å². The van der Waals surface area contributed by atoms with Crippen LogP contribution in [0.5, 0.6) is 0 Å². The Hall–Kier alpha value is -4.55. The Morgan fingerprint density at radius 1 is 1.02 bits per heavy atom. The third kappa shape index (κ3) is 5.28. The van der Waals surface area contributed by atoms with Gasteiger partial charge in [0.25, 0.3) is 0 Å². The third-order valence-corrected chi connectivity index (χ3v) is 9.94. The molecular weight excluding hydrogens is 588 g/mol. The molecule has 0 saturated carbocycles. The number of aromatic nitrogens is 2. The number of fused-ring (bicyclic) bond motifs is 2. The zero-order valence-electron chi connectivity index (χ0n) is 23.2. The van der Waals surface area contributed by atoms with Crippen LogP contribution in [0.25, 0.3) is 0 Å². The van der Waals surface area contributed by atoms with Gasteiger partial charge < -0.3 is 10.1 Å². The molecule has 1 saturated heterocycles. The number of hydrogen-bond acceptors (Lipinski definition) is 9. The molecule has 3 amide bonds. The van der Waals surface area contributed by atoms with Crippen molar-refractivity contribution in [3.05, 3.63) is 104 Å². The molecule has 2 aliphatic heterocycles. The normalized spacial score (nSPS) is 19.1. The molecule has 2 aliphatic rings. The molecule has 1 fully saturated rings. The lowest BCUT2D eigenvalue weighted by atomic mass is 9.84. The number of carbonyl (C=O) groups is 4. The molecule has 43 heavy (non-hydrogen) atoms. The van der Waals surface area contributed by atoms with Gasteiger partial charge in [0.2, 0.25) is 17.7 Å². The smallest absolute Gasteiger partial charge is 0.338 e. The highest BCUT2D eigenvalue weighted by molar-refractivity contribution is 8.00. The Kier molecular flexibility index (Phi) is 7.72. The fraction of sp³-hybridized carbons (Fsp3) is 0.226. The molecule has 3 atom stereocenters. The van der Waals surface area contributed by atoms with Gasteiger partial charge >= 0.3 is 10.8 Å². The molecule has 0 radical (unpaired) electrons. The molecule has 2 aromatic heterocycles. The Morgan fingerprint density at radius 3 is 2.51 bits per heavy atom.